The minimum absolute atomic E-state index is 0.117. The van der Waals surface area contributed by atoms with Gasteiger partial charge < -0.3 is 10.1 Å². The summed E-state index contributed by atoms with van der Waals surface area (Å²) >= 11 is 0. The molecule has 0 bridgehead atoms. The Labute approximate surface area is 165 Å². The maximum Gasteiger partial charge on any atom is 0.328 e. The van der Waals surface area contributed by atoms with Crippen LogP contribution in [0.3, 0.4) is 0 Å². The molecular formula is C16H19N5O7S. The van der Waals surface area contributed by atoms with Crippen LogP contribution in [0.5, 0.6) is 0 Å². The number of nitrogens with two attached hydrogens (primary N) is 1. The Hall–Kier alpha value is -3.32. The molecular weight excluding hydrogens is 406 g/mol. The average Bonchev–Trinajstić information content (AvgIpc) is 2.87. The third-order valence-electron chi connectivity index (χ3n) is 3.93. The van der Waals surface area contributed by atoms with Crippen LogP contribution in [0.2, 0.25) is 0 Å². The van der Waals surface area contributed by atoms with Gasteiger partial charge in [0.05, 0.1) is 9.82 Å². The molecule has 0 fully saturated rings. The highest BCUT2D eigenvalue weighted by Crippen LogP contribution is 2.21. The number of carbonyl (C=O) groups is 2. The van der Waals surface area contributed by atoms with Gasteiger partial charge in [-0.15, -0.1) is 0 Å². The number of anilines is 1. The molecule has 0 spiro atoms. The van der Waals surface area contributed by atoms with Crippen molar-refractivity contribution in [2.75, 3.05) is 5.32 Å². The first kappa shape index (κ1) is 22.0. The van der Waals surface area contributed by atoms with Crippen molar-refractivity contribution >= 4 is 33.3 Å². The number of ether oxygens (including phenoxy) is 1. The second-order valence-electron chi connectivity index (χ2n) is 6.12. The number of hydrogen-bond donors (Lipinski definition) is 2. The normalized spacial score (nSPS) is 12.3. The summed E-state index contributed by atoms with van der Waals surface area (Å²) in [7, 11) is -3.85. The minimum Gasteiger partial charge on any atom is -0.451 e. The van der Waals surface area contributed by atoms with E-state index in [0.717, 1.165) is 4.68 Å². The van der Waals surface area contributed by atoms with Gasteiger partial charge in [0.1, 0.15) is 17.9 Å². The number of hydrogen-bond acceptors (Lipinski definition) is 8. The molecule has 0 aliphatic heterocycles. The van der Waals surface area contributed by atoms with Crippen molar-refractivity contribution in [1.82, 2.24) is 9.78 Å². The van der Waals surface area contributed by atoms with E-state index in [9.17, 15) is 28.1 Å². The Balaban J connectivity index is 1.98. The Morgan fingerprint density at radius 3 is 2.38 bits per heavy atom. The predicted octanol–water partition coefficient (Wildman–Crippen LogP) is 0.626. The Kier molecular flexibility index (Phi) is 6.34. The van der Waals surface area contributed by atoms with Crippen LogP contribution in [0.4, 0.5) is 11.4 Å². The van der Waals surface area contributed by atoms with E-state index in [-0.39, 0.29) is 27.7 Å². The van der Waals surface area contributed by atoms with Crippen LogP contribution in [0.1, 0.15) is 18.3 Å². The molecule has 1 heterocycles. The van der Waals surface area contributed by atoms with E-state index in [1.165, 1.54) is 45.0 Å². The monoisotopic (exact) mass is 425 g/mol. The summed E-state index contributed by atoms with van der Waals surface area (Å²) in [6.45, 7) is 3.84. The van der Waals surface area contributed by atoms with Gasteiger partial charge in [-0.25, -0.2) is 13.6 Å². The number of esters is 1. The van der Waals surface area contributed by atoms with E-state index in [1.54, 1.807) is 0 Å². The number of benzene rings is 1. The summed E-state index contributed by atoms with van der Waals surface area (Å²) in [5, 5.41) is 22.4. The van der Waals surface area contributed by atoms with Crippen LogP contribution in [0.25, 0.3) is 0 Å². The van der Waals surface area contributed by atoms with Crippen molar-refractivity contribution in [1.29, 1.82) is 0 Å². The molecule has 1 aromatic carbocycles. The Bertz CT molecular complexity index is 1060. The van der Waals surface area contributed by atoms with E-state index >= 15 is 0 Å². The van der Waals surface area contributed by atoms with E-state index in [0.29, 0.717) is 0 Å². The first-order valence-corrected chi connectivity index (χ1v) is 9.76. The molecule has 1 aromatic heterocycles. The molecule has 13 heteroatoms. The van der Waals surface area contributed by atoms with E-state index in [2.05, 4.69) is 10.4 Å². The zero-order valence-electron chi connectivity index (χ0n) is 15.8. The molecule has 12 nitrogen and oxygen atoms in total. The molecule has 0 aliphatic carbocycles. The number of rotatable bonds is 7. The number of nitrogens with zero attached hydrogens (tertiary/aromatic N) is 3. The van der Waals surface area contributed by atoms with E-state index in [1.807, 2.05) is 0 Å². The van der Waals surface area contributed by atoms with Crippen LogP contribution in [-0.2, 0) is 30.9 Å². The summed E-state index contributed by atoms with van der Waals surface area (Å²) in [6, 6.07) is 5.11. The molecule has 3 N–H and O–H groups in total. The molecule has 1 amide bonds. The predicted molar refractivity (Wildman–Crippen MR) is 100 cm³/mol. The van der Waals surface area contributed by atoms with Crippen LogP contribution in [0, 0.1) is 24.0 Å². The van der Waals surface area contributed by atoms with Crippen LogP contribution < -0.4 is 10.5 Å². The SMILES string of the molecule is Cc1nn(CC(=O)OC(C)C(=O)Nc2ccc(S(N)(=O)=O)cc2)c(C)c1[N+](=O)[O-]. The lowest BCUT2D eigenvalue weighted by Crippen LogP contribution is -2.31. The van der Waals surface area contributed by atoms with Gasteiger partial charge >= 0.3 is 11.7 Å². The van der Waals surface area contributed by atoms with Gasteiger partial charge in [0.2, 0.25) is 10.0 Å². The smallest absolute Gasteiger partial charge is 0.328 e. The lowest BCUT2D eigenvalue weighted by molar-refractivity contribution is -0.386. The Morgan fingerprint density at radius 1 is 1.31 bits per heavy atom. The molecule has 2 rings (SSSR count). The minimum atomic E-state index is -3.85. The van der Waals surface area contributed by atoms with E-state index < -0.39 is 39.5 Å². The highest BCUT2D eigenvalue weighted by atomic mass is 32.2. The van der Waals surface area contributed by atoms with Crippen molar-refractivity contribution in [3.05, 3.63) is 45.8 Å². The van der Waals surface area contributed by atoms with Crippen molar-refractivity contribution in [3.8, 4) is 0 Å². The maximum absolute atomic E-state index is 12.2. The van der Waals surface area contributed by atoms with Gasteiger partial charge in [-0.05, 0) is 45.0 Å². The summed E-state index contributed by atoms with van der Waals surface area (Å²) in [5.41, 5.74) is 0.441. The molecule has 1 unspecified atom stereocenters. The Morgan fingerprint density at radius 2 is 1.90 bits per heavy atom. The zero-order chi connectivity index (χ0) is 21.9. The fourth-order valence-electron chi connectivity index (χ4n) is 2.49. The number of carbonyl (C=O) groups excluding carboxylic acids is 2. The fraction of sp³-hybridized carbons (Fsp3) is 0.312. The maximum atomic E-state index is 12.2. The van der Waals surface area contributed by atoms with Gasteiger partial charge in [-0.1, -0.05) is 0 Å². The lowest BCUT2D eigenvalue weighted by atomic mass is 10.3. The third-order valence-corrected chi connectivity index (χ3v) is 4.86. The quantitative estimate of drug-likeness (QED) is 0.368. The standard InChI is InChI=1S/C16H19N5O7S/c1-9-15(21(24)25)10(2)20(19-9)8-14(22)28-11(3)16(23)18-12-4-6-13(7-5-12)29(17,26)27/h4-7,11H,8H2,1-3H3,(H,18,23)(H2,17,26,27). The number of nitrogens with one attached hydrogen (secondary N) is 1. The molecule has 156 valence electrons. The summed E-state index contributed by atoms with van der Waals surface area (Å²) in [5.74, 6) is -1.46. The average molecular weight is 425 g/mol. The number of aromatic nitrogens is 2. The van der Waals surface area contributed by atoms with Gasteiger partial charge in [0.15, 0.2) is 6.10 Å². The molecule has 2 aromatic rings. The van der Waals surface area contributed by atoms with Crippen molar-refractivity contribution in [3.63, 3.8) is 0 Å². The molecule has 29 heavy (non-hydrogen) atoms. The largest absolute Gasteiger partial charge is 0.451 e. The van der Waals surface area contributed by atoms with Gasteiger partial charge in [0, 0.05) is 5.69 Å². The first-order chi connectivity index (χ1) is 13.4. The van der Waals surface area contributed by atoms with Crippen molar-refractivity contribution < 1.29 is 27.7 Å². The van der Waals surface area contributed by atoms with Gasteiger partial charge in [-0.2, -0.15) is 5.10 Å². The van der Waals surface area contributed by atoms with Crippen LogP contribution >= 0.6 is 0 Å². The van der Waals surface area contributed by atoms with Crippen molar-refractivity contribution in [2.45, 2.75) is 38.3 Å². The highest BCUT2D eigenvalue weighted by molar-refractivity contribution is 7.89. The molecule has 0 saturated heterocycles. The number of sulfonamides is 1. The third kappa shape index (κ3) is 5.36. The second kappa shape index (κ2) is 8.36. The number of nitro groups is 1. The van der Waals surface area contributed by atoms with E-state index in [4.69, 9.17) is 9.88 Å². The second-order valence-corrected chi connectivity index (χ2v) is 7.69. The summed E-state index contributed by atoms with van der Waals surface area (Å²) in [6.07, 6.45) is -1.17. The number of aryl methyl sites for hydroxylation is 1. The van der Waals surface area contributed by atoms with Crippen molar-refractivity contribution in [2.24, 2.45) is 5.14 Å². The topological polar surface area (TPSA) is 177 Å². The highest BCUT2D eigenvalue weighted by Gasteiger charge is 2.24. The molecule has 0 aliphatic rings. The molecule has 0 saturated carbocycles. The van der Waals surface area contributed by atoms with Gasteiger partial charge in [0.25, 0.3) is 5.91 Å². The van der Waals surface area contributed by atoms with Crippen LogP contribution in [-0.4, -0.2) is 41.1 Å². The van der Waals surface area contributed by atoms with Gasteiger partial charge in [-0.3, -0.25) is 24.4 Å². The number of amides is 1. The summed E-state index contributed by atoms with van der Waals surface area (Å²) in [4.78, 5) is 34.5. The number of primary sulfonamides is 1. The zero-order valence-corrected chi connectivity index (χ0v) is 16.6. The summed E-state index contributed by atoms with van der Waals surface area (Å²) < 4.78 is 28.6. The lowest BCUT2D eigenvalue weighted by Gasteiger charge is -2.14. The first-order valence-electron chi connectivity index (χ1n) is 8.21. The fourth-order valence-corrected chi connectivity index (χ4v) is 3.00. The molecule has 0 radical (unpaired) electrons. The molecule has 1 atom stereocenters. The van der Waals surface area contributed by atoms with Crippen LogP contribution in [0.15, 0.2) is 29.2 Å².